The zero-order valence-electron chi connectivity index (χ0n) is 27.7. The van der Waals surface area contributed by atoms with Crippen LogP contribution in [0.4, 0.5) is 0 Å². The van der Waals surface area contributed by atoms with E-state index >= 15 is 0 Å². The monoisotopic (exact) mass is 732 g/mol. The predicted octanol–water partition coefficient (Wildman–Crippen LogP) is 11.3. The molecule has 0 saturated heterocycles. The minimum Gasteiger partial charge on any atom is -0.184 e. The first-order valence-electron chi connectivity index (χ1n) is 15.7. The number of hydrogen-bond acceptors (Lipinski definition) is 0. The van der Waals surface area contributed by atoms with Gasteiger partial charge in [0.05, 0.1) is 9.52 Å². The Bertz CT molecular complexity index is 1870. The van der Waals surface area contributed by atoms with Gasteiger partial charge in [-0.1, -0.05) is 142 Å². The molecule has 0 nitrogen and oxygen atoms in total. The fourth-order valence-corrected chi connectivity index (χ4v) is 7.25. The van der Waals surface area contributed by atoms with Crippen LogP contribution >= 0.6 is 17.0 Å². The molecule has 6 aromatic carbocycles. The minimum atomic E-state index is -0.826. The molecule has 0 N–H and O–H groups in total. The van der Waals surface area contributed by atoms with Crippen LogP contribution in [0.15, 0.2) is 115 Å². The van der Waals surface area contributed by atoms with Gasteiger partial charge in [-0.3, -0.25) is 0 Å². The topological polar surface area (TPSA) is 0 Å². The molecule has 2 radical (unpaired) electrons. The van der Waals surface area contributed by atoms with E-state index in [-0.39, 0.29) is 10.8 Å². The maximum absolute atomic E-state index is 4.93. The third-order valence-corrected chi connectivity index (χ3v) is 9.86. The average molecular weight is 735 g/mol. The average Bonchev–Trinajstić information content (AvgIpc) is 3.63. The fraction of sp³-hybridized carbons (Fsp3) is 0.214. The van der Waals surface area contributed by atoms with Crippen LogP contribution in [0.5, 0.6) is 0 Å². The van der Waals surface area contributed by atoms with Crippen molar-refractivity contribution in [3.05, 3.63) is 138 Å². The predicted molar refractivity (Wildman–Crippen MR) is 200 cm³/mol. The number of fused-ring (bicyclic) bond motifs is 4. The Kier molecular flexibility index (Phi) is 11.1. The van der Waals surface area contributed by atoms with Crippen LogP contribution in [-0.4, -0.2) is 9.52 Å². The quantitative estimate of drug-likeness (QED) is 0.123. The molecule has 230 valence electrons. The molecule has 0 atom stereocenters. The molecule has 0 aliphatic carbocycles. The number of aryl methyl sites for hydroxylation is 1. The SMILES string of the molecule is Cc1ccc2[cH-]c(-c3ccccc3)cc2c1-c1cc(C(C)(C)C)cc(C(C)(C)C)c1.[Cl][Zr+2][Cl].[c-]1cccc2c1[Si]c1ccccc1-2. The van der Waals surface area contributed by atoms with Crippen molar-refractivity contribution in [3.63, 3.8) is 0 Å². The van der Waals surface area contributed by atoms with Crippen molar-refractivity contribution in [3.8, 4) is 33.4 Å². The second kappa shape index (κ2) is 14.7. The summed E-state index contributed by atoms with van der Waals surface area (Å²) in [6.07, 6.45) is 0. The first-order chi connectivity index (χ1) is 21.9. The van der Waals surface area contributed by atoms with Gasteiger partial charge in [-0.05, 0) is 40.0 Å². The van der Waals surface area contributed by atoms with E-state index in [1.54, 1.807) is 0 Å². The van der Waals surface area contributed by atoms with E-state index in [1.165, 1.54) is 71.2 Å². The summed E-state index contributed by atoms with van der Waals surface area (Å²) in [5.41, 5.74) is 12.4. The summed E-state index contributed by atoms with van der Waals surface area (Å²) in [4.78, 5) is 0. The molecular weight excluding hydrogens is 695 g/mol. The van der Waals surface area contributed by atoms with Gasteiger partial charge < -0.3 is 0 Å². The normalized spacial score (nSPS) is 11.8. The Morgan fingerprint density at radius 3 is 1.93 bits per heavy atom. The molecular formula is C42H40Cl2SiZr. The Morgan fingerprint density at radius 2 is 1.28 bits per heavy atom. The maximum atomic E-state index is 4.93. The summed E-state index contributed by atoms with van der Waals surface area (Å²) in [6.45, 7) is 16.1. The molecule has 0 aromatic heterocycles. The van der Waals surface area contributed by atoms with Crippen molar-refractivity contribution in [1.82, 2.24) is 0 Å². The molecule has 0 saturated carbocycles. The van der Waals surface area contributed by atoms with Crippen LogP contribution in [0.2, 0.25) is 0 Å². The fourth-order valence-electron chi connectivity index (χ4n) is 5.94. The largest absolute Gasteiger partial charge is 0.184 e. The molecule has 1 aliphatic heterocycles. The molecule has 1 aliphatic rings. The molecule has 6 aromatic rings. The van der Waals surface area contributed by atoms with Gasteiger partial charge in [0, 0.05) is 0 Å². The van der Waals surface area contributed by atoms with Gasteiger partial charge in [-0.25, -0.2) is 0 Å². The molecule has 0 amide bonds. The zero-order chi connectivity index (χ0) is 33.1. The third kappa shape index (κ3) is 7.91. The third-order valence-electron chi connectivity index (χ3n) is 8.49. The van der Waals surface area contributed by atoms with Crippen molar-refractivity contribution in [2.24, 2.45) is 0 Å². The summed E-state index contributed by atoms with van der Waals surface area (Å²) in [5, 5.41) is 5.48. The molecule has 4 heteroatoms. The van der Waals surface area contributed by atoms with E-state index in [4.69, 9.17) is 17.0 Å². The number of hydrogen-bond donors (Lipinski definition) is 0. The summed E-state index contributed by atoms with van der Waals surface area (Å²) in [6, 6.07) is 45.3. The first kappa shape index (κ1) is 34.7. The first-order valence-corrected chi connectivity index (χ1v) is 23.0. The van der Waals surface area contributed by atoms with Gasteiger partial charge in [0.2, 0.25) is 0 Å². The van der Waals surface area contributed by atoms with Crippen LogP contribution in [0, 0.1) is 13.0 Å². The molecule has 0 unspecified atom stereocenters. The van der Waals surface area contributed by atoms with Crippen molar-refractivity contribution in [1.29, 1.82) is 0 Å². The summed E-state index contributed by atoms with van der Waals surface area (Å²) < 4.78 is 0. The van der Waals surface area contributed by atoms with Crippen LogP contribution in [0.3, 0.4) is 0 Å². The second-order valence-electron chi connectivity index (χ2n) is 13.9. The molecule has 0 bridgehead atoms. The van der Waals surface area contributed by atoms with E-state index in [2.05, 4.69) is 164 Å². The van der Waals surface area contributed by atoms with E-state index in [1.807, 2.05) is 6.07 Å². The number of benzene rings is 5. The Balaban J connectivity index is 0.000000214. The minimum absolute atomic E-state index is 0.110. The standard InChI is InChI=1S/C30H33.C12H7Si.2ClH.Zr/c1-20-13-14-22-15-23(21-11-9-8-10-12-21)18-27(22)28(20)24-16-25(29(2,3)4)19-26(17-24)30(5,6)7;1-3-7-11-9(5-1)10-6-2-4-8-12(10)13-11;;;/h8-19H,1-7H3;1-7H;2*1H;/q2*-1;;;+4/p-2. The smallest absolute Gasteiger partial charge is 0.0920 e. The van der Waals surface area contributed by atoms with Gasteiger partial charge >= 0.3 is 37.9 Å². The van der Waals surface area contributed by atoms with Crippen molar-refractivity contribution < 1.29 is 20.8 Å². The van der Waals surface area contributed by atoms with Crippen LogP contribution in [0.1, 0.15) is 58.2 Å². The summed E-state index contributed by atoms with van der Waals surface area (Å²) >= 11 is -0.826. The van der Waals surface area contributed by atoms with Crippen LogP contribution in [-0.2, 0) is 31.7 Å². The molecule has 0 fully saturated rings. The Hall–Kier alpha value is -2.61. The van der Waals surface area contributed by atoms with E-state index in [0.717, 1.165) is 9.52 Å². The zero-order valence-corrected chi connectivity index (χ0v) is 32.7. The van der Waals surface area contributed by atoms with Crippen molar-refractivity contribution >= 4 is 47.7 Å². The summed E-state index contributed by atoms with van der Waals surface area (Å²) in [5.74, 6) is 0. The maximum Gasteiger partial charge on any atom is 0.0920 e. The Morgan fingerprint density at radius 1 is 0.674 bits per heavy atom. The van der Waals surface area contributed by atoms with E-state index < -0.39 is 20.8 Å². The molecule has 7 rings (SSSR count). The van der Waals surface area contributed by atoms with Crippen molar-refractivity contribution in [2.45, 2.75) is 59.3 Å². The molecule has 46 heavy (non-hydrogen) atoms. The van der Waals surface area contributed by atoms with Gasteiger partial charge in [0.15, 0.2) is 0 Å². The number of halogens is 2. The van der Waals surface area contributed by atoms with Crippen LogP contribution < -0.4 is 10.4 Å². The second-order valence-corrected chi connectivity index (χ2v) is 18.9. The van der Waals surface area contributed by atoms with Gasteiger partial charge in [-0.15, -0.1) is 40.1 Å². The van der Waals surface area contributed by atoms with E-state index in [0.29, 0.717) is 0 Å². The van der Waals surface area contributed by atoms with Crippen LogP contribution in [0.25, 0.3) is 44.2 Å². The molecule has 1 heterocycles. The van der Waals surface area contributed by atoms with Crippen molar-refractivity contribution in [2.75, 3.05) is 0 Å². The number of rotatable bonds is 2. The van der Waals surface area contributed by atoms with Gasteiger partial charge in [-0.2, -0.15) is 29.5 Å². The van der Waals surface area contributed by atoms with E-state index in [9.17, 15) is 0 Å². The van der Waals surface area contributed by atoms with Gasteiger partial charge in [0.25, 0.3) is 0 Å². The Labute approximate surface area is 297 Å². The summed E-state index contributed by atoms with van der Waals surface area (Å²) in [7, 11) is 10.7. The van der Waals surface area contributed by atoms with Gasteiger partial charge in [0.1, 0.15) is 0 Å². The molecule has 0 spiro atoms.